The predicted molar refractivity (Wildman–Crippen MR) is 115 cm³/mol. The number of aromatic nitrogens is 1. The average Bonchev–Trinajstić information content (AvgIpc) is 3.22. The van der Waals surface area contributed by atoms with E-state index in [0.717, 1.165) is 48.3 Å². The number of rotatable bonds is 7. The molecule has 1 aliphatic heterocycles. The highest BCUT2D eigenvalue weighted by molar-refractivity contribution is 6.31. The van der Waals surface area contributed by atoms with E-state index in [2.05, 4.69) is 45.6 Å². The second-order valence-electron chi connectivity index (χ2n) is 7.37. The van der Waals surface area contributed by atoms with Crippen molar-refractivity contribution in [2.75, 3.05) is 39.9 Å². The standard InChI is InChI=1S/C21H30ClN5O2/c1-15(2)19-12-16(29-26-19)13-24-21(23-3)25-14-20(27-8-10-28-11-9-27)17-6-4-5-7-18(17)22/h4-7,12,15,20H,8-11,13-14H2,1-3H3,(H2,23,24,25). The minimum Gasteiger partial charge on any atom is -0.379 e. The second kappa shape index (κ2) is 10.6. The van der Waals surface area contributed by atoms with Gasteiger partial charge in [-0.1, -0.05) is 48.8 Å². The fraction of sp³-hybridized carbons (Fsp3) is 0.524. The molecule has 1 aromatic heterocycles. The molecule has 1 unspecified atom stereocenters. The minimum atomic E-state index is 0.129. The lowest BCUT2D eigenvalue weighted by Gasteiger charge is -2.35. The van der Waals surface area contributed by atoms with Gasteiger partial charge in [0.15, 0.2) is 11.7 Å². The summed E-state index contributed by atoms with van der Waals surface area (Å²) in [6, 6.07) is 10.1. The van der Waals surface area contributed by atoms with Gasteiger partial charge in [0.2, 0.25) is 0 Å². The molecular weight excluding hydrogens is 390 g/mol. The summed E-state index contributed by atoms with van der Waals surface area (Å²) in [7, 11) is 1.76. The topological polar surface area (TPSA) is 74.9 Å². The number of guanidine groups is 1. The summed E-state index contributed by atoms with van der Waals surface area (Å²) in [5.74, 6) is 1.83. The first kappa shape index (κ1) is 21.6. The number of benzene rings is 1. The van der Waals surface area contributed by atoms with Gasteiger partial charge in [0.05, 0.1) is 31.5 Å². The fourth-order valence-corrected chi connectivity index (χ4v) is 3.60. The molecular formula is C21H30ClN5O2. The summed E-state index contributed by atoms with van der Waals surface area (Å²) in [6.07, 6.45) is 0. The van der Waals surface area contributed by atoms with Crippen LogP contribution in [-0.4, -0.2) is 55.9 Å². The lowest BCUT2D eigenvalue weighted by Crippen LogP contribution is -2.46. The van der Waals surface area contributed by atoms with Crippen LogP contribution in [-0.2, 0) is 11.3 Å². The van der Waals surface area contributed by atoms with E-state index in [1.54, 1.807) is 7.05 Å². The highest BCUT2D eigenvalue weighted by Gasteiger charge is 2.24. The summed E-state index contributed by atoms with van der Waals surface area (Å²) in [4.78, 5) is 6.73. The molecule has 1 aromatic carbocycles. The Balaban J connectivity index is 1.62. The maximum atomic E-state index is 6.51. The van der Waals surface area contributed by atoms with E-state index in [1.807, 2.05) is 24.3 Å². The Labute approximate surface area is 177 Å². The largest absolute Gasteiger partial charge is 0.379 e. The predicted octanol–water partition coefficient (Wildman–Crippen LogP) is 3.19. The molecule has 29 heavy (non-hydrogen) atoms. The average molecular weight is 420 g/mol. The highest BCUT2D eigenvalue weighted by atomic mass is 35.5. The monoisotopic (exact) mass is 419 g/mol. The SMILES string of the molecule is CN=C(NCc1cc(C(C)C)no1)NCC(c1ccccc1Cl)N1CCOCC1. The van der Waals surface area contributed by atoms with Crippen molar-refractivity contribution in [1.82, 2.24) is 20.7 Å². The zero-order valence-electron chi connectivity index (χ0n) is 17.3. The van der Waals surface area contributed by atoms with Crippen molar-refractivity contribution < 1.29 is 9.26 Å². The maximum absolute atomic E-state index is 6.51. The van der Waals surface area contributed by atoms with Gasteiger partial charge in [-0.2, -0.15) is 0 Å². The van der Waals surface area contributed by atoms with Gasteiger partial charge in [0.25, 0.3) is 0 Å². The van der Waals surface area contributed by atoms with Crippen molar-refractivity contribution in [2.24, 2.45) is 4.99 Å². The third-order valence-corrected chi connectivity index (χ3v) is 5.38. The number of hydrogen-bond acceptors (Lipinski definition) is 5. The van der Waals surface area contributed by atoms with Crippen LogP contribution in [0, 0.1) is 0 Å². The van der Waals surface area contributed by atoms with Gasteiger partial charge in [0, 0.05) is 37.8 Å². The van der Waals surface area contributed by atoms with Gasteiger partial charge in [0.1, 0.15) is 0 Å². The zero-order valence-corrected chi connectivity index (χ0v) is 18.1. The van der Waals surface area contributed by atoms with Gasteiger partial charge in [-0.15, -0.1) is 0 Å². The molecule has 8 heteroatoms. The molecule has 2 N–H and O–H groups in total. The molecule has 3 rings (SSSR count). The van der Waals surface area contributed by atoms with Crippen molar-refractivity contribution in [3.8, 4) is 0 Å². The minimum absolute atomic E-state index is 0.129. The molecule has 7 nitrogen and oxygen atoms in total. The van der Waals surface area contributed by atoms with E-state index in [9.17, 15) is 0 Å². The van der Waals surface area contributed by atoms with E-state index < -0.39 is 0 Å². The Morgan fingerprint density at radius 1 is 1.24 bits per heavy atom. The van der Waals surface area contributed by atoms with Crippen LogP contribution in [0.5, 0.6) is 0 Å². The molecule has 158 valence electrons. The molecule has 0 bridgehead atoms. The van der Waals surface area contributed by atoms with E-state index >= 15 is 0 Å². The molecule has 0 radical (unpaired) electrons. The Morgan fingerprint density at radius 2 is 2.00 bits per heavy atom. The van der Waals surface area contributed by atoms with Crippen LogP contribution in [0.2, 0.25) is 5.02 Å². The Bertz CT molecular complexity index is 802. The lowest BCUT2D eigenvalue weighted by atomic mass is 10.0. The maximum Gasteiger partial charge on any atom is 0.191 e. The quantitative estimate of drug-likeness (QED) is 0.530. The molecule has 2 heterocycles. The molecule has 1 atom stereocenters. The van der Waals surface area contributed by atoms with E-state index in [1.165, 1.54) is 0 Å². The summed E-state index contributed by atoms with van der Waals surface area (Å²) in [5, 5.41) is 11.6. The van der Waals surface area contributed by atoms with Crippen molar-refractivity contribution in [3.05, 3.63) is 52.4 Å². The summed E-state index contributed by atoms with van der Waals surface area (Å²) >= 11 is 6.51. The van der Waals surface area contributed by atoms with E-state index in [-0.39, 0.29) is 6.04 Å². The van der Waals surface area contributed by atoms with Gasteiger partial charge < -0.3 is 19.9 Å². The van der Waals surface area contributed by atoms with Crippen LogP contribution in [0.1, 0.15) is 42.8 Å². The first-order valence-corrected chi connectivity index (χ1v) is 10.4. The van der Waals surface area contributed by atoms with Gasteiger partial charge in [-0.25, -0.2) is 0 Å². The number of aliphatic imine (C=N–C) groups is 1. The molecule has 2 aromatic rings. The third kappa shape index (κ3) is 5.95. The van der Waals surface area contributed by atoms with Crippen LogP contribution in [0.4, 0.5) is 0 Å². The molecule has 1 fully saturated rings. The van der Waals surface area contributed by atoms with Crippen molar-refractivity contribution in [3.63, 3.8) is 0 Å². The van der Waals surface area contributed by atoms with E-state index in [4.69, 9.17) is 20.9 Å². The van der Waals surface area contributed by atoms with Crippen LogP contribution in [0.15, 0.2) is 39.8 Å². The lowest BCUT2D eigenvalue weighted by molar-refractivity contribution is 0.0170. The Morgan fingerprint density at radius 3 is 2.66 bits per heavy atom. The molecule has 0 amide bonds. The van der Waals surface area contributed by atoms with Gasteiger partial charge in [-0.05, 0) is 17.5 Å². The number of hydrogen-bond donors (Lipinski definition) is 2. The molecule has 0 spiro atoms. The first-order chi connectivity index (χ1) is 14.1. The van der Waals surface area contributed by atoms with Crippen LogP contribution >= 0.6 is 11.6 Å². The van der Waals surface area contributed by atoms with Crippen LogP contribution < -0.4 is 10.6 Å². The van der Waals surface area contributed by atoms with Crippen LogP contribution in [0.25, 0.3) is 0 Å². The molecule has 1 aliphatic rings. The Kier molecular flexibility index (Phi) is 7.91. The zero-order chi connectivity index (χ0) is 20.6. The normalized spacial score (nSPS) is 16.8. The van der Waals surface area contributed by atoms with Gasteiger partial charge in [-0.3, -0.25) is 9.89 Å². The number of ether oxygens (including phenoxy) is 1. The molecule has 1 saturated heterocycles. The van der Waals surface area contributed by atoms with Crippen molar-refractivity contribution in [2.45, 2.75) is 32.4 Å². The number of halogens is 1. The third-order valence-electron chi connectivity index (χ3n) is 5.04. The van der Waals surface area contributed by atoms with Crippen LogP contribution in [0.3, 0.4) is 0 Å². The fourth-order valence-electron chi connectivity index (χ4n) is 3.34. The summed E-state index contributed by atoms with van der Waals surface area (Å²) < 4.78 is 10.9. The number of morpholine rings is 1. The number of nitrogens with zero attached hydrogens (tertiary/aromatic N) is 3. The smallest absolute Gasteiger partial charge is 0.191 e. The molecule has 0 saturated carbocycles. The summed E-state index contributed by atoms with van der Waals surface area (Å²) in [6.45, 7) is 8.60. The van der Waals surface area contributed by atoms with Gasteiger partial charge >= 0.3 is 0 Å². The Hall–Kier alpha value is -2.09. The van der Waals surface area contributed by atoms with E-state index in [0.29, 0.717) is 25.0 Å². The van der Waals surface area contributed by atoms with Crippen molar-refractivity contribution >= 4 is 17.6 Å². The summed E-state index contributed by atoms with van der Waals surface area (Å²) in [5.41, 5.74) is 2.06. The second-order valence-corrected chi connectivity index (χ2v) is 7.77. The number of nitrogens with one attached hydrogen (secondary N) is 2. The van der Waals surface area contributed by atoms with Crippen molar-refractivity contribution in [1.29, 1.82) is 0 Å². The molecule has 0 aliphatic carbocycles. The highest BCUT2D eigenvalue weighted by Crippen LogP contribution is 2.27. The first-order valence-electron chi connectivity index (χ1n) is 10.0.